The topological polar surface area (TPSA) is 21.3 Å². The van der Waals surface area contributed by atoms with E-state index in [1.54, 1.807) is 6.42 Å². The van der Waals surface area contributed by atoms with E-state index in [2.05, 4.69) is 35.6 Å². The van der Waals surface area contributed by atoms with Crippen molar-refractivity contribution in [3.63, 3.8) is 0 Å². The summed E-state index contributed by atoms with van der Waals surface area (Å²) < 4.78 is 6.67. The molecular formula is C18H19NO. The predicted molar refractivity (Wildman–Crippen MR) is 73.4 cm³/mol. The van der Waals surface area contributed by atoms with E-state index in [-0.39, 0.29) is 5.72 Å². The Morgan fingerprint density at radius 1 is 1.00 bits per heavy atom. The van der Waals surface area contributed by atoms with Crippen LogP contribution in [-0.2, 0) is 11.3 Å². The second kappa shape index (κ2) is 2.74. The van der Waals surface area contributed by atoms with Crippen molar-refractivity contribution in [2.45, 2.75) is 24.8 Å². The smallest absolute Gasteiger partial charge is 0.126 e. The molecule has 2 aliphatic heterocycles. The maximum absolute atomic E-state index is 6.67. The van der Waals surface area contributed by atoms with Crippen LogP contribution in [0.5, 0.6) is 0 Å². The summed E-state index contributed by atoms with van der Waals surface area (Å²) in [5, 5.41) is 3.92. The summed E-state index contributed by atoms with van der Waals surface area (Å²) in [6.45, 7) is 0.981. The van der Waals surface area contributed by atoms with E-state index in [9.17, 15) is 0 Å². The van der Waals surface area contributed by atoms with Gasteiger partial charge >= 0.3 is 0 Å². The fourth-order valence-corrected chi connectivity index (χ4v) is 8.13. The molecule has 5 aliphatic carbocycles. The third kappa shape index (κ3) is 0.731. The molecule has 7 fully saturated rings. The molecule has 8 rings (SSSR count). The van der Waals surface area contributed by atoms with E-state index in [0.717, 1.165) is 53.9 Å². The maximum Gasteiger partial charge on any atom is 0.126 e. The number of rotatable bonds is 3. The van der Waals surface area contributed by atoms with Crippen LogP contribution in [0.1, 0.15) is 12.0 Å². The fourth-order valence-electron chi connectivity index (χ4n) is 8.13. The number of hydrogen-bond donors (Lipinski definition) is 1. The molecule has 1 aromatic rings. The monoisotopic (exact) mass is 265 g/mol. The van der Waals surface area contributed by atoms with Crippen LogP contribution in [-0.4, -0.2) is 11.8 Å². The van der Waals surface area contributed by atoms with Crippen molar-refractivity contribution in [1.29, 1.82) is 0 Å². The number of nitrogens with one attached hydrogen (secondary N) is 1. The average Bonchev–Trinajstić information content (AvgIpc) is 3.10. The van der Waals surface area contributed by atoms with Crippen LogP contribution in [0, 0.1) is 47.3 Å². The molecule has 0 aromatic heterocycles. The third-order valence-corrected chi connectivity index (χ3v) is 8.11. The Kier molecular flexibility index (Phi) is 1.36. The quantitative estimate of drug-likeness (QED) is 0.905. The van der Waals surface area contributed by atoms with Crippen LogP contribution in [0.3, 0.4) is 0 Å². The highest BCUT2D eigenvalue weighted by Gasteiger charge is 2.92. The van der Waals surface area contributed by atoms with Gasteiger partial charge in [-0.05, 0) is 47.5 Å². The van der Waals surface area contributed by atoms with Crippen molar-refractivity contribution in [3.05, 3.63) is 35.9 Å². The summed E-state index contributed by atoms with van der Waals surface area (Å²) in [5.41, 5.74) is 1.49. The van der Waals surface area contributed by atoms with Gasteiger partial charge in [0.25, 0.3) is 0 Å². The first-order chi connectivity index (χ1) is 9.90. The normalized spacial score (nSPS) is 64.7. The van der Waals surface area contributed by atoms with Crippen molar-refractivity contribution in [3.8, 4) is 0 Å². The minimum Gasteiger partial charge on any atom is -0.356 e. The van der Waals surface area contributed by atoms with Gasteiger partial charge in [0.1, 0.15) is 5.72 Å². The summed E-state index contributed by atoms with van der Waals surface area (Å²) in [6, 6.07) is 10.8. The Hall–Kier alpha value is -0.860. The van der Waals surface area contributed by atoms with Gasteiger partial charge in [-0.15, -0.1) is 0 Å². The highest BCUT2D eigenvalue weighted by molar-refractivity contribution is 5.38. The Balaban J connectivity index is 1.29. The van der Waals surface area contributed by atoms with E-state index >= 15 is 0 Å². The van der Waals surface area contributed by atoms with Crippen molar-refractivity contribution >= 4 is 0 Å². The minimum absolute atomic E-state index is 0.0902. The molecule has 1 N–H and O–H groups in total. The molecule has 5 saturated carbocycles. The molecule has 0 unspecified atom stereocenters. The highest BCUT2D eigenvalue weighted by atomic mass is 16.5. The van der Waals surface area contributed by atoms with E-state index in [4.69, 9.17) is 4.74 Å². The first-order valence-corrected chi connectivity index (χ1v) is 8.37. The van der Waals surface area contributed by atoms with Gasteiger partial charge in [-0.1, -0.05) is 30.3 Å². The van der Waals surface area contributed by atoms with Gasteiger partial charge in [0.15, 0.2) is 0 Å². The van der Waals surface area contributed by atoms with Gasteiger partial charge < -0.3 is 4.74 Å². The Bertz CT molecular complexity index is 620. The maximum atomic E-state index is 6.67. The van der Waals surface area contributed by atoms with E-state index in [1.807, 2.05) is 0 Å². The Morgan fingerprint density at radius 2 is 1.90 bits per heavy atom. The molecule has 0 amide bonds. The Labute approximate surface area is 118 Å². The first kappa shape index (κ1) is 9.97. The SMILES string of the molecule is c1ccc(CN[C@@]23O[C@H]4[C@@H]5[C@@H]6[C@H]7C[C@@H]([C@@H]6[C@H]52)[C@@H]3[C@H]74)cc1. The van der Waals surface area contributed by atoms with Gasteiger partial charge in [0, 0.05) is 18.4 Å². The summed E-state index contributed by atoms with van der Waals surface area (Å²) >= 11 is 0. The van der Waals surface area contributed by atoms with Gasteiger partial charge in [0.2, 0.25) is 0 Å². The fraction of sp³-hybridized carbons (Fsp3) is 0.667. The van der Waals surface area contributed by atoms with Crippen molar-refractivity contribution < 1.29 is 4.74 Å². The summed E-state index contributed by atoms with van der Waals surface area (Å²) in [5.74, 6) is 7.83. The lowest BCUT2D eigenvalue weighted by atomic mass is 9.59. The summed E-state index contributed by atoms with van der Waals surface area (Å²) in [4.78, 5) is 0. The molecule has 0 radical (unpaired) electrons. The van der Waals surface area contributed by atoms with Crippen LogP contribution < -0.4 is 5.32 Å². The van der Waals surface area contributed by atoms with E-state index in [0.29, 0.717) is 6.10 Å². The first-order valence-electron chi connectivity index (χ1n) is 8.37. The van der Waals surface area contributed by atoms with Gasteiger partial charge in [-0.2, -0.15) is 0 Å². The van der Waals surface area contributed by atoms with Gasteiger partial charge in [-0.3, -0.25) is 5.32 Å². The molecule has 2 heterocycles. The lowest BCUT2D eigenvalue weighted by molar-refractivity contribution is -0.0591. The molecule has 2 heteroatoms. The highest BCUT2D eigenvalue weighted by Crippen LogP contribution is 2.89. The largest absolute Gasteiger partial charge is 0.356 e. The molecule has 0 spiro atoms. The van der Waals surface area contributed by atoms with Gasteiger partial charge in [-0.25, -0.2) is 0 Å². The van der Waals surface area contributed by atoms with Crippen LogP contribution in [0.15, 0.2) is 30.3 Å². The van der Waals surface area contributed by atoms with Crippen molar-refractivity contribution in [2.24, 2.45) is 47.3 Å². The summed E-state index contributed by atoms with van der Waals surface area (Å²) in [7, 11) is 0. The van der Waals surface area contributed by atoms with Crippen LogP contribution in [0.2, 0.25) is 0 Å². The van der Waals surface area contributed by atoms with E-state index < -0.39 is 0 Å². The lowest BCUT2D eigenvalue weighted by Crippen LogP contribution is -2.56. The molecular weight excluding hydrogens is 246 g/mol. The molecule has 7 aliphatic rings. The number of benzene rings is 1. The zero-order valence-electron chi connectivity index (χ0n) is 11.4. The number of ether oxygens (including phenoxy) is 1. The van der Waals surface area contributed by atoms with Crippen LogP contribution in [0.25, 0.3) is 0 Å². The third-order valence-electron chi connectivity index (χ3n) is 8.11. The zero-order valence-corrected chi connectivity index (χ0v) is 11.4. The minimum atomic E-state index is 0.0902. The second-order valence-corrected chi connectivity index (χ2v) is 8.14. The molecule has 10 atom stereocenters. The molecule has 2 saturated heterocycles. The second-order valence-electron chi connectivity index (χ2n) is 8.14. The van der Waals surface area contributed by atoms with Crippen LogP contribution >= 0.6 is 0 Å². The Morgan fingerprint density at radius 3 is 2.80 bits per heavy atom. The van der Waals surface area contributed by atoms with Crippen molar-refractivity contribution in [2.75, 3.05) is 0 Å². The van der Waals surface area contributed by atoms with Crippen molar-refractivity contribution in [1.82, 2.24) is 5.32 Å². The average molecular weight is 265 g/mol. The zero-order chi connectivity index (χ0) is 12.6. The van der Waals surface area contributed by atoms with Gasteiger partial charge in [0.05, 0.1) is 6.10 Å². The molecule has 1 aromatic carbocycles. The predicted octanol–water partition coefficient (Wildman–Crippen LogP) is 2.26. The lowest BCUT2D eigenvalue weighted by Gasteiger charge is -2.46. The molecule has 20 heavy (non-hydrogen) atoms. The van der Waals surface area contributed by atoms with Crippen LogP contribution in [0.4, 0.5) is 0 Å². The summed E-state index contributed by atoms with van der Waals surface area (Å²) in [6.07, 6.45) is 2.19. The molecule has 2 nitrogen and oxygen atoms in total. The molecule has 4 bridgehead atoms. The number of hydrogen-bond acceptors (Lipinski definition) is 2. The van der Waals surface area contributed by atoms with E-state index in [1.165, 1.54) is 5.56 Å². The standard InChI is InChI=1S/C18H19NO/c1-2-4-8(5-3-1)7-19-18-15-10-6-9-11-12(10)16(18)14(11)17(20-18)13(9)15/h1-5,9-17,19H,6-7H2/t9-,10+,11-,12+,13+,14-,15-,16-,17-,18+/m1/s1. The molecule has 102 valence electrons.